The fourth-order valence-corrected chi connectivity index (χ4v) is 5.70. The Morgan fingerprint density at radius 3 is 0.971 bits per heavy atom. The summed E-state index contributed by atoms with van der Waals surface area (Å²) in [5.74, 6) is 0. The lowest BCUT2D eigenvalue weighted by atomic mass is 10.0. The molecule has 0 aromatic rings. The molecule has 0 aliphatic carbocycles. The summed E-state index contributed by atoms with van der Waals surface area (Å²) in [7, 11) is -4.12. The van der Waals surface area contributed by atoms with Crippen molar-refractivity contribution in [1.82, 2.24) is 0 Å². The van der Waals surface area contributed by atoms with Crippen molar-refractivity contribution >= 4 is 10.1 Å². The first kappa shape index (κ1) is 36.0. The molecule has 0 aliphatic rings. The Labute approximate surface area is 216 Å². The summed E-state index contributed by atoms with van der Waals surface area (Å²) in [6.07, 6.45) is 20.4. The fourth-order valence-electron chi connectivity index (χ4n) is 4.79. The van der Waals surface area contributed by atoms with Gasteiger partial charge in [-0.15, -0.1) is 0 Å². The summed E-state index contributed by atoms with van der Waals surface area (Å²) >= 11 is 0. The Morgan fingerprint density at radius 1 is 0.500 bits per heavy atom. The monoisotopic (exact) mass is 505 g/mol. The van der Waals surface area contributed by atoms with Crippen molar-refractivity contribution in [2.24, 2.45) is 0 Å². The van der Waals surface area contributed by atoms with Crippen LogP contribution in [-0.2, 0) is 10.1 Å². The van der Waals surface area contributed by atoms with Crippen LogP contribution in [0.1, 0.15) is 157 Å². The van der Waals surface area contributed by atoms with Crippen LogP contribution in [0.25, 0.3) is 0 Å². The van der Waals surface area contributed by atoms with Crippen molar-refractivity contribution < 1.29 is 17.5 Å². The summed E-state index contributed by atoms with van der Waals surface area (Å²) in [5.41, 5.74) is 0. The fraction of sp³-hybridized carbons (Fsp3) is 1.00. The van der Waals surface area contributed by atoms with Gasteiger partial charge in [0.1, 0.15) is 0 Å². The maximum atomic E-state index is 11.4. The molecule has 0 heterocycles. The maximum absolute atomic E-state index is 11.4. The first-order valence-electron chi connectivity index (χ1n) is 15.1. The van der Waals surface area contributed by atoms with E-state index in [1.54, 1.807) is 0 Å². The van der Waals surface area contributed by atoms with Crippen molar-refractivity contribution in [2.75, 3.05) is 26.2 Å². The zero-order chi connectivity index (χ0) is 26.1. The van der Waals surface area contributed by atoms with Gasteiger partial charge in [-0.3, -0.25) is 0 Å². The second-order valence-electron chi connectivity index (χ2n) is 10.2. The van der Waals surface area contributed by atoms with E-state index in [9.17, 15) is 13.0 Å². The zero-order valence-corrected chi connectivity index (χ0v) is 25.0. The minimum atomic E-state index is -4.12. The van der Waals surface area contributed by atoms with E-state index in [0.717, 1.165) is 32.1 Å². The Bertz CT molecular complexity index is 486. The molecular formula is C29H63NO3S. The van der Waals surface area contributed by atoms with Crippen molar-refractivity contribution in [3.05, 3.63) is 0 Å². The number of rotatable bonds is 23. The van der Waals surface area contributed by atoms with Crippen LogP contribution in [0.5, 0.6) is 0 Å². The van der Waals surface area contributed by atoms with E-state index in [-0.39, 0.29) is 0 Å². The van der Waals surface area contributed by atoms with E-state index in [1.807, 2.05) is 0 Å². The van der Waals surface area contributed by atoms with Crippen LogP contribution in [-0.4, -0.2) is 48.9 Å². The molecule has 0 spiro atoms. The maximum Gasteiger partial charge on any atom is 0.0975 e. The molecule has 0 aliphatic heterocycles. The van der Waals surface area contributed by atoms with Crippen LogP contribution in [0.4, 0.5) is 0 Å². The van der Waals surface area contributed by atoms with Crippen molar-refractivity contribution in [3.8, 4) is 0 Å². The van der Waals surface area contributed by atoms with Gasteiger partial charge in [-0.1, -0.05) is 117 Å². The molecule has 0 bridgehead atoms. The minimum absolute atomic E-state index is 0.563. The zero-order valence-electron chi connectivity index (χ0n) is 24.2. The molecule has 1 atom stereocenters. The van der Waals surface area contributed by atoms with Gasteiger partial charge >= 0.3 is 0 Å². The molecule has 0 rings (SSSR count). The smallest absolute Gasteiger partial charge is 0.0975 e. The van der Waals surface area contributed by atoms with E-state index in [1.165, 1.54) is 101 Å². The second-order valence-corrected chi connectivity index (χ2v) is 11.9. The van der Waals surface area contributed by atoms with E-state index in [4.69, 9.17) is 0 Å². The Kier molecular flexibility index (Phi) is 26.0. The van der Waals surface area contributed by atoms with Gasteiger partial charge in [0.2, 0.25) is 0 Å². The van der Waals surface area contributed by atoms with Crippen LogP contribution in [0, 0.1) is 0 Å². The molecule has 0 saturated carbocycles. The summed E-state index contributed by atoms with van der Waals surface area (Å²) in [6.45, 7) is 18.6. The molecule has 0 N–H and O–H groups in total. The molecule has 208 valence electrons. The predicted octanol–water partition coefficient (Wildman–Crippen LogP) is 8.84. The average molecular weight is 506 g/mol. The summed E-state index contributed by atoms with van der Waals surface area (Å²) in [6, 6.07) is 0. The Morgan fingerprint density at radius 2 is 0.765 bits per heavy atom. The van der Waals surface area contributed by atoms with Crippen LogP contribution in [0.15, 0.2) is 0 Å². The van der Waals surface area contributed by atoms with Gasteiger partial charge in [0.15, 0.2) is 0 Å². The number of quaternary nitrogens is 1. The van der Waals surface area contributed by atoms with Gasteiger partial charge in [0.25, 0.3) is 0 Å². The molecule has 0 amide bonds. The topological polar surface area (TPSA) is 57.2 Å². The molecule has 0 aromatic heterocycles. The third kappa shape index (κ3) is 21.2. The Hall–Kier alpha value is -0.130. The van der Waals surface area contributed by atoms with Gasteiger partial charge in [-0.25, -0.2) is 8.42 Å². The average Bonchev–Trinajstić information content (AvgIpc) is 2.82. The minimum Gasteiger partial charge on any atom is -0.748 e. The second kappa shape index (κ2) is 24.6. The quantitative estimate of drug-likeness (QED) is 0.0791. The Balaban J connectivity index is 0. The first-order valence-corrected chi connectivity index (χ1v) is 16.5. The van der Waals surface area contributed by atoms with Gasteiger partial charge < -0.3 is 9.04 Å². The summed E-state index contributed by atoms with van der Waals surface area (Å²) < 4.78 is 35.5. The van der Waals surface area contributed by atoms with Crippen LogP contribution in [0.3, 0.4) is 0 Å². The lowest BCUT2D eigenvalue weighted by molar-refractivity contribution is -0.921. The molecule has 0 fully saturated rings. The van der Waals surface area contributed by atoms with Gasteiger partial charge in [0.05, 0.1) is 36.3 Å². The number of unbranched alkanes of at least 4 members (excludes halogenated alkanes) is 14. The highest BCUT2D eigenvalue weighted by Gasteiger charge is 2.16. The highest BCUT2D eigenvalue weighted by Crippen LogP contribution is 2.19. The molecule has 0 saturated heterocycles. The number of hydrogen-bond acceptors (Lipinski definition) is 3. The molecule has 1 unspecified atom stereocenters. The van der Waals surface area contributed by atoms with E-state index >= 15 is 0 Å². The lowest BCUT2D eigenvalue weighted by Gasteiger charge is -2.34. The SMILES string of the molecule is CCCCCCCCCCCCCC(CCCCCCC)S(=O)(=O)[O-].CC[N+](CC)(CC)CC. The van der Waals surface area contributed by atoms with Crippen molar-refractivity contribution in [3.63, 3.8) is 0 Å². The molecule has 5 heteroatoms. The van der Waals surface area contributed by atoms with Crippen LogP contribution < -0.4 is 0 Å². The molecular weight excluding hydrogens is 442 g/mol. The summed E-state index contributed by atoms with van der Waals surface area (Å²) in [5, 5.41) is -0.646. The third-order valence-corrected chi connectivity index (χ3v) is 9.14. The van der Waals surface area contributed by atoms with Gasteiger partial charge in [0, 0.05) is 5.25 Å². The van der Waals surface area contributed by atoms with Crippen molar-refractivity contribution in [2.45, 2.75) is 162 Å². The van der Waals surface area contributed by atoms with Crippen molar-refractivity contribution in [1.29, 1.82) is 0 Å². The third-order valence-electron chi connectivity index (χ3n) is 7.85. The van der Waals surface area contributed by atoms with Gasteiger partial charge in [-0.2, -0.15) is 0 Å². The van der Waals surface area contributed by atoms with E-state index < -0.39 is 15.4 Å². The predicted molar refractivity (Wildman–Crippen MR) is 150 cm³/mol. The van der Waals surface area contributed by atoms with Gasteiger partial charge in [-0.05, 0) is 40.5 Å². The number of nitrogens with zero attached hydrogens (tertiary/aromatic N) is 1. The van der Waals surface area contributed by atoms with E-state index in [0.29, 0.717) is 12.8 Å². The molecule has 4 nitrogen and oxygen atoms in total. The molecule has 0 radical (unpaired) electrons. The van der Waals surface area contributed by atoms with Crippen LogP contribution >= 0.6 is 0 Å². The normalized spacial score (nSPS) is 12.9. The van der Waals surface area contributed by atoms with Crippen LogP contribution in [0.2, 0.25) is 0 Å². The molecule has 0 aromatic carbocycles. The summed E-state index contributed by atoms with van der Waals surface area (Å²) in [4.78, 5) is 0. The largest absolute Gasteiger partial charge is 0.748 e. The van der Waals surface area contributed by atoms with E-state index in [2.05, 4.69) is 41.5 Å². The molecule has 34 heavy (non-hydrogen) atoms. The highest BCUT2D eigenvalue weighted by atomic mass is 32.2. The number of hydrogen-bond donors (Lipinski definition) is 0. The first-order chi connectivity index (χ1) is 16.3. The standard InChI is InChI=1S/C21H44O3S.C8H20N/c1-3-5-7-9-10-11-12-13-14-16-18-20-21(25(22,23)24)19-17-15-8-6-4-2;1-5-9(6-2,7-3)8-4/h21H,3-20H2,1-2H3,(H,22,23,24);5-8H2,1-4H3/q;+1/p-1. The lowest BCUT2D eigenvalue weighted by Crippen LogP contribution is -2.47. The highest BCUT2D eigenvalue weighted by molar-refractivity contribution is 7.86.